The zero-order chi connectivity index (χ0) is 12.7. The minimum Gasteiger partial charge on any atom is -0.378 e. The number of nitrogens with zero attached hydrogens (tertiary/aromatic N) is 1. The number of amides is 1. The van der Waals surface area contributed by atoms with Crippen LogP contribution < -0.4 is 11.5 Å². The van der Waals surface area contributed by atoms with Crippen molar-refractivity contribution >= 4 is 5.91 Å². The van der Waals surface area contributed by atoms with Crippen molar-refractivity contribution in [1.29, 1.82) is 0 Å². The molecule has 1 heterocycles. The van der Waals surface area contributed by atoms with Crippen LogP contribution in [0.3, 0.4) is 0 Å². The summed E-state index contributed by atoms with van der Waals surface area (Å²) in [5, 5.41) is 0. The molecule has 1 atom stereocenters. The first-order valence-corrected chi connectivity index (χ1v) is 6.54. The quantitative estimate of drug-likeness (QED) is 0.620. The second-order valence-electron chi connectivity index (χ2n) is 4.57. The molecule has 0 aliphatic carbocycles. The molecule has 1 aliphatic rings. The fraction of sp³-hybridized carbons (Fsp3) is 0.917. The summed E-state index contributed by atoms with van der Waals surface area (Å²) in [4.78, 5) is 13.4. The molecule has 0 radical (unpaired) electrons. The predicted molar refractivity (Wildman–Crippen MR) is 67.5 cm³/mol. The number of likely N-dealkylation sites (tertiary alicyclic amines) is 1. The predicted octanol–water partition coefficient (Wildman–Crippen LogP) is 0.0801. The monoisotopic (exact) mass is 243 g/mol. The van der Waals surface area contributed by atoms with E-state index in [4.69, 9.17) is 16.2 Å². The lowest BCUT2D eigenvalue weighted by molar-refractivity contribution is -0.124. The summed E-state index contributed by atoms with van der Waals surface area (Å²) in [6.07, 6.45) is 3.98. The Hall–Kier alpha value is -0.650. The summed E-state index contributed by atoms with van der Waals surface area (Å²) >= 11 is 0. The lowest BCUT2D eigenvalue weighted by Crippen LogP contribution is -2.49. The molecule has 1 amide bonds. The minimum atomic E-state index is -0.213. The van der Waals surface area contributed by atoms with Crippen LogP contribution in [0.2, 0.25) is 0 Å². The van der Waals surface area contributed by atoms with Gasteiger partial charge in [0.1, 0.15) is 0 Å². The van der Waals surface area contributed by atoms with Crippen LogP contribution in [0.1, 0.15) is 32.6 Å². The van der Waals surface area contributed by atoms with Gasteiger partial charge in [-0.15, -0.1) is 0 Å². The molecule has 4 N–H and O–H groups in total. The molecule has 0 aromatic rings. The Kier molecular flexibility index (Phi) is 6.47. The summed E-state index contributed by atoms with van der Waals surface area (Å²) in [5.74, 6) is -0.213. The number of hydrogen-bond acceptors (Lipinski definition) is 4. The van der Waals surface area contributed by atoms with Crippen molar-refractivity contribution in [2.45, 2.75) is 44.8 Å². The van der Waals surface area contributed by atoms with Crippen molar-refractivity contribution in [3.63, 3.8) is 0 Å². The van der Waals surface area contributed by atoms with Gasteiger partial charge in [0, 0.05) is 19.7 Å². The average molecular weight is 243 g/mol. The number of hydrogen-bond donors (Lipinski definition) is 2. The molecule has 5 heteroatoms. The number of piperidine rings is 1. The Morgan fingerprint density at radius 2 is 2.12 bits per heavy atom. The first-order chi connectivity index (χ1) is 8.19. The van der Waals surface area contributed by atoms with E-state index in [1.165, 1.54) is 0 Å². The Bertz CT molecular complexity index is 228. The fourth-order valence-electron chi connectivity index (χ4n) is 2.33. The molecule has 5 nitrogen and oxygen atoms in total. The Morgan fingerprint density at radius 3 is 2.59 bits per heavy atom. The van der Waals surface area contributed by atoms with E-state index in [-0.39, 0.29) is 11.9 Å². The lowest BCUT2D eigenvalue weighted by atomic mass is 10.0. The van der Waals surface area contributed by atoms with Crippen LogP contribution >= 0.6 is 0 Å². The van der Waals surface area contributed by atoms with E-state index in [0.29, 0.717) is 12.6 Å². The molecule has 1 aliphatic heterocycles. The van der Waals surface area contributed by atoms with E-state index >= 15 is 0 Å². The van der Waals surface area contributed by atoms with Gasteiger partial charge in [-0.05, 0) is 32.2 Å². The van der Waals surface area contributed by atoms with Gasteiger partial charge in [0.05, 0.1) is 12.1 Å². The largest absolute Gasteiger partial charge is 0.378 e. The van der Waals surface area contributed by atoms with E-state index in [9.17, 15) is 4.79 Å². The van der Waals surface area contributed by atoms with Gasteiger partial charge < -0.3 is 16.2 Å². The number of primary amides is 1. The molecular weight excluding hydrogens is 218 g/mol. The van der Waals surface area contributed by atoms with Crippen molar-refractivity contribution < 1.29 is 9.53 Å². The number of nitrogens with two attached hydrogens (primary N) is 2. The van der Waals surface area contributed by atoms with Gasteiger partial charge >= 0.3 is 0 Å². The molecule has 0 spiro atoms. The van der Waals surface area contributed by atoms with Gasteiger partial charge in [0.2, 0.25) is 5.91 Å². The second kappa shape index (κ2) is 7.63. The van der Waals surface area contributed by atoms with E-state index < -0.39 is 0 Å². The zero-order valence-corrected chi connectivity index (χ0v) is 10.7. The van der Waals surface area contributed by atoms with Gasteiger partial charge in [0.25, 0.3) is 0 Å². The van der Waals surface area contributed by atoms with Crippen molar-refractivity contribution in [1.82, 2.24) is 4.90 Å². The van der Waals surface area contributed by atoms with Gasteiger partial charge in [-0.2, -0.15) is 0 Å². The maximum Gasteiger partial charge on any atom is 0.234 e. The van der Waals surface area contributed by atoms with Crippen LogP contribution in [0.4, 0.5) is 0 Å². The maximum absolute atomic E-state index is 11.3. The molecule has 17 heavy (non-hydrogen) atoms. The van der Waals surface area contributed by atoms with Crippen LogP contribution in [0.5, 0.6) is 0 Å². The highest BCUT2D eigenvalue weighted by molar-refractivity contribution is 5.79. The molecule has 0 saturated carbocycles. The van der Waals surface area contributed by atoms with E-state index in [1.807, 2.05) is 6.92 Å². The third-order valence-corrected chi connectivity index (χ3v) is 3.33. The van der Waals surface area contributed by atoms with Gasteiger partial charge in [-0.25, -0.2) is 0 Å². The van der Waals surface area contributed by atoms with Crippen molar-refractivity contribution in [3.8, 4) is 0 Å². The zero-order valence-electron chi connectivity index (χ0n) is 10.7. The molecule has 0 aromatic heterocycles. The molecule has 1 fully saturated rings. The highest BCUT2D eigenvalue weighted by Crippen LogP contribution is 2.17. The van der Waals surface area contributed by atoms with Crippen LogP contribution in [-0.2, 0) is 9.53 Å². The molecule has 1 rings (SSSR count). The van der Waals surface area contributed by atoms with Crippen molar-refractivity contribution in [2.24, 2.45) is 11.5 Å². The van der Waals surface area contributed by atoms with Crippen LogP contribution in [0.25, 0.3) is 0 Å². The molecule has 100 valence electrons. The van der Waals surface area contributed by atoms with Gasteiger partial charge in [0.15, 0.2) is 0 Å². The first-order valence-electron chi connectivity index (χ1n) is 6.54. The normalized spacial score (nSPS) is 20.4. The van der Waals surface area contributed by atoms with Crippen molar-refractivity contribution in [2.75, 3.05) is 26.2 Å². The maximum atomic E-state index is 11.3. The molecule has 1 unspecified atom stereocenters. The Morgan fingerprint density at radius 1 is 1.47 bits per heavy atom. The van der Waals surface area contributed by atoms with E-state index in [2.05, 4.69) is 4.90 Å². The van der Waals surface area contributed by atoms with Crippen LogP contribution in [-0.4, -0.2) is 49.2 Å². The Balaban J connectivity index is 2.27. The molecule has 1 saturated heterocycles. The summed E-state index contributed by atoms with van der Waals surface area (Å²) in [6, 6.07) is -0.111. The van der Waals surface area contributed by atoms with Crippen LogP contribution in [0, 0.1) is 0 Å². The third-order valence-electron chi connectivity index (χ3n) is 3.33. The SMILES string of the molecule is CCC(C(N)=O)N1CCC(OCCCN)CC1. The Labute approximate surface area is 103 Å². The number of ether oxygens (including phenoxy) is 1. The topological polar surface area (TPSA) is 81.6 Å². The molecule has 0 aromatic carbocycles. The smallest absolute Gasteiger partial charge is 0.234 e. The number of carbonyl (C=O) groups is 1. The van der Waals surface area contributed by atoms with Gasteiger partial charge in [-0.3, -0.25) is 9.69 Å². The van der Waals surface area contributed by atoms with Crippen molar-refractivity contribution in [3.05, 3.63) is 0 Å². The minimum absolute atomic E-state index is 0.111. The summed E-state index contributed by atoms with van der Waals surface area (Å²) in [7, 11) is 0. The number of carbonyl (C=O) groups excluding carboxylic acids is 1. The highest BCUT2D eigenvalue weighted by Gasteiger charge is 2.27. The number of rotatable bonds is 7. The lowest BCUT2D eigenvalue weighted by Gasteiger charge is -2.35. The average Bonchev–Trinajstić information content (AvgIpc) is 2.32. The van der Waals surface area contributed by atoms with E-state index in [0.717, 1.165) is 45.4 Å². The first kappa shape index (κ1) is 14.4. The van der Waals surface area contributed by atoms with Crippen LogP contribution in [0.15, 0.2) is 0 Å². The standard InChI is InChI=1S/C12H25N3O2/c1-2-11(12(14)16)15-7-4-10(5-8-15)17-9-3-6-13/h10-11H,2-9,13H2,1H3,(H2,14,16). The third kappa shape index (κ3) is 4.61. The van der Waals surface area contributed by atoms with E-state index in [1.54, 1.807) is 0 Å². The van der Waals surface area contributed by atoms with Gasteiger partial charge in [-0.1, -0.05) is 6.92 Å². The summed E-state index contributed by atoms with van der Waals surface area (Å²) < 4.78 is 5.72. The summed E-state index contributed by atoms with van der Waals surface area (Å²) in [5.41, 5.74) is 10.8. The molecular formula is C12H25N3O2. The fourth-order valence-corrected chi connectivity index (χ4v) is 2.33. The second-order valence-corrected chi connectivity index (χ2v) is 4.57. The highest BCUT2D eigenvalue weighted by atomic mass is 16.5. The molecule has 0 bridgehead atoms. The summed E-state index contributed by atoms with van der Waals surface area (Å²) in [6.45, 7) is 5.22.